The SMILES string of the molecule is Cc1cccc(C(=O)Nc2nnc(SCC(=O)O)s2)c1F. The molecule has 0 fully saturated rings. The first-order chi connectivity index (χ1) is 9.97. The van der Waals surface area contributed by atoms with Gasteiger partial charge in [0.25, 0.3) is 5.91 Å². The molecular formula is C12H10FN3O3S2. The molecule has 2 aromatic rings. The molecule has 0 aliphatic rings. The van der Waals surface area contributed by atoms with Gasteiger partial charge >= 0.3 is 5.97 Å². The first-order valence-electron chi connectivity index (χ1n) is 5.72. The van der Waals surface area contributed by atoms with Crippen LogP contribution in [0.1, 0.15) is 15.9 Å². The van der Waals surface area contributed by atoms with Crippen molar-refractivity contribution in [2.75, 3.05) is 11.1 Å². The Morgan fingerprint density at radius 2 is 2.19 bits per heavy atom. The maximum Gasteiger partial charge on any atom is 0.313 e. The molecule has 0 spiro atoms. The molecule has 21 heavy (non-hydrogen) atoms. The van der Waals surface area contributed by atoms with Gasteiger partial charge in [-0.15, -0.1) is 10.2 Å². The van der Waals surface area contributed by atoms with Crippen LogP contribution in [0.25, 0.3) is 0 Å². The molecule has 0 bridgehead atoms. The number of hydrogen-bond donors (Lipinski definition) is 2. The van der Waals surface area contributed by atoms with Crippen molar-refractivity contribution in [2.45, 2.75) is 11.3 Å². The summed E-state index contributed by atoms with van der Waals surface area (Å²) >= 11 is 2.03. The van der Waals surface area contributed by atoms with Gasteiger partial charge in [-0.3, -0.25) is 14.9 Å². The summed E-state index contributed by atoms with van der Waals surface area (Å²) in [6.07, 6.45) is 0. The van der Waals surface area contributed by atoms with Crippen LogP contribution in [0.5, 0.6) is 0 Å². The number of nitrogens with zero attached hydrogens (tertiary/aromatic N) is 2. The topological polar surface area (TPSA) is 92.2 Å². The second-order valence-corrected chi connectivity index (χ2v) is 6.15. The number of carbonyl (C=O) groups excluding carboxylic acids is 1. The molecule has 2 N–H and O–H groups in total. The van der Waals surface area contributed by atoms with Gasteiger partial charge in [0.15, 0.2) is 4.34 Å². The number of aliphatic carboxylic acids is 1. The van der Waals surface area contributed by atoms with E-state index in [9.17, 15) is 14.0 Å². The molecule has 0 saturated heterocycles. The highest BCUT2D eigenvalue weighted by Crippen LogP contribution is 2.25. The van der Waals surface area contributed by atoms with Crippen molar-refractivity contribution in [1.82, 2.24) is 10.2 Å². The quantitative estimate of drug-likeness (QED) is 0.647. The van der Waals surface area contributed by atoms with Gasteiger partial charge < -0.3 is 5.11 Å². The van der Waals surface area contributed by atoms with Gasteiger partial charge in [-0.05, 0) is 18.6 Å². The van der Waals surface area contributed by atoms with Crippen LogP contribution in [0.3, 0.4) is 0 Å². The third-order valence-corrected chi connectivity index (χ3v) is 4.34. The average molecular weight is 327 g/mol. The number of nitrogens with one attached hydrogen (secondary N) is 1. The lowest BCUT2D eigenvalue weighted by atomic mass is 10.1. The number of halogens is 1. The van der Waals surface area contributed by atoms with Crippen LogP contribution in [0.4, 0.5) is 9.52 Å². The van der Waals surface area contributed by atoms with Crippen LogP contribution in [-0.2, 0) is 4.79 Å². The van der Waals surface area contributed by atoms with Crippen molar-refractivity contribution in [3.63, 3.8) is 0 Å². The third-order valence-electron chi connectivity index (χ3n) is 2.38. The van der Waals surface area contributed by atoms with E-state index in [0.29, 0.717) is 9.90 Å². The summed E-state index contributed by atoms with van der Waals surface area (Å²) in [5, 5.41) is 18.6. The van der Waals surface area contributed by atoms with E-state index in [1.807, 2.05) is 0 Å². The van der Waals surface area contributed by atoms with Crippen LogP contribution in [-0.4, -0.2) is 32.9 Å². The Morgan fingerprint density at radius 1 is 1.43 bits per heavy atom. The molecule has 110 valence electrons. The largest absolute Gasteiger partial charge is 0.481 e. The van der Waals surface area contributed by atoms with E-state index in [2.05, 4.69) is 15.5 Å². The van der Waals surface area contributed by atoms with E-state index in [-0.39, 0.29) is 16.4 Å². The zero-order valence-corrected chi connectivity index (χ0v) is 12.4. The van der Waals surface area contributed by atoms with Gasteiger partial charge in [0.05, 0.1) is 11.3 Å². The Bertz CT molecular complexity index is 690. The number of anilines is 1. The summed E-state index contributed by atoms with van der Waals surface area (Å²) in [4.78, 5) is 22.4. The van der Waals surface area contributed by atoms with Gasteiger partial charge in [0.2, 0.25) is 5.13 Å². The minimum absolute atomic E-state index is 0.0788. The van der Waals surface area contributed by atoms with Crippen LogP contribution >= 0.6 is 23.1 Å². The van der Waals surface area contributed by atoms with Crippen LogP contribution in [0, 0.1) is 12.7 Å². The molecule has 1 aromatic carbocycles. The predicted octanol–water partition coefficient (Wildman–Crippen LogP) is 2.41. The minimum Gasteiger partial charge on any atom is -0.481 e. The van der Waals surface area contributed by atoms with Crippen molar-refractivity contribution in [3.05, 3.63) is 35.1 Å². The van der Waals surface area contributed by atoms with Crippen molar-refractivity contribution in [3.8, 4) is 0 Å². The lowest BCUT2D eigenvalue weighted by Gasteiger charge is -2.04. The Labute approximate surface area is 127 Å². The van der Waals surface area contributed by atoms with Crippen LogP contribution < -0.4 is 5.32 Å². The summed E-state index contributed by atoms with van der Waals surface area (Å²) in [6.45, 7) is 1.57. The lowest BCUT2D eigenvalue weighted by Crippen LogP contribution is -2.14. The Morgan fingerprint density at radius 3 is 2.90 bits per heavy atom. The first kappa shape index (κ1) is 15.4. The monoisotopic (exact) mass is 327 g/mol. The highest BCUT2D eigenvalue weighted by molar-refractivity contribution is 8.01. The van der Waals surface area contributed by atoms with Gasteiger partial charge in [-0.25, -0.2) is 4.39 Å². The van der Waals surface area contributed by atoms with E-state index in [0.717, 1.165) is 23.1 Å². The molecule has 6 nitrogen and oxygen atoms in total. The van der Waals surface area contributed by atoms with E-state index in [1.54, 1.807) is 19.1 Å². The van der Waals surface area contributed by atoms with Gasteiger partial charge in [0.1, 0.15) is 5.82 Å². The van der Waals surface area contributed by atoms with E-state index < -0.39 is 17.7 Å². The Hall–Kier alpha value is -2.00. The van der Waals surface area contributed by atoms with Crippen molar-refractivity contribution >= 4 is 40.1 Å². The minimum atomic E-state index is -0.970. The van der Waals surface area contributed by atoms with E-state index in [1.165, 1.54) is 6.07 Å². The predicted molar refractivity (Wildman–Crippen MR) is 77.4 cm³/mol. The molecule has 2 rings (SSSR count). The molecule has 0 aliphatic heterocycles. The maximum absolute atomic E-state index is 13.8. The molecular weight excluding hydrogens is 317 g/mol. The molecule has 9 heteroatoms. The summed E-state index contributed by atoms with van der Waals surface area (Å²) in [5.74, 6) is -2.32. The number of aromatic nitrogens is 2. The number of rotatable bonds is 5. The zero-order valence-electron chi connectivity index (χ0n) is 10.8. The average Bonchev–Trinajstić information content (AvgIpc) is 2.87. The van der Waals surface area contributed by atoms with Gasteiger partial charge in [-0.2, -0.15) is 0 Å². The van der Waals surface area contributed by atoms with Crippen molar-refractivity contribution < 1.29 is 19.1 Å². The lowest BCUT2D eigenvalue weighted by molar-refractivity contribution is -0.133. The van der Waals surface area contributed by atoms with Crippen molar-refractivity contribution in [2.24, 2.45) is 0 Å². The summed E-state index contributed by atoms with van der Waals surface area (Å²) in [6, 6.07) is 4.53. The normalized spacial score (nSPS) is 10.4. The van der Waals surface area contributed by atoms with Gasteiger partial charge in [0, 0.05) is 0 Å². The Kier molecular flexibility index (Phi) is 4.86. The maximum atomic E-state index is 13.8. The number of carbonyl (C=O) groups is 2. The van der Waals surface area contributed by atoms with Crippen LogP contribution in [0.15, 0.2) is 22.5 Å². The zero-order chi connectivity index (χ0) is 15.4. The van der Waals surface area contributed by atoms with E-state index in [4.69, 9.17) is 5.11 Å². The molecule has 1 aromatic heterocycles. The number of benzene rings is 1. The fourth-order valence-electron chi connectivity index (χ4n) is 1.43. The highest BCUT2D eigenvalue weighted by atomic mass is 32.2. The molecule has 0 unspecified atom stereocenters. The van der Waals surface area contributed by atoms with E-state index >= 15 is 0 Å². The number of carboxylic acids is 1. The van der Waals surface area contributed by atoms with Crippen LogP contribution in [0.2, 0.25) is 0 Å². The summed E-state index contributed by atoms with van der Waals surface area (Å²) in [5.41, 5.74) is 0.294. The fourth-order valence-corrected chi connectivity index (χ4v) is 2.90. The highest BCUT2D eigenvalue weighted by Gasteiger charge is 2.15. The molecule has 0 aliphatic carbocycles. The molecule has 0 radical (unpaired) electrons. The smallest absolute Gasteiger partial charge is 0.313 e. The second-order valence-electron chi connectivity index (χ2n) is 3.95. The standard InChI is InChI=1S/C12H10FN3O3S2/c1-6-3-2-4-7(9(6)13)10(19)14-11-15-16-12(21-11)20-5-8(17)18/h2-4H,5H2,1H3,(H,17,18)(H,14,15,19). The third kappa shape index (κ3) is 3.99. The molecule has 1 heterocycles. The summed E-state index contributed by atoms with van der Waals surface area (Å²) < 4.78 is 14.2. The summed E-state index contributed by atoms with van der Waals surface area (Å²) in [7, 11) is 0. The number of carboxylic acid groups (broad SMARTS) is 1. The number of hydrogen-bond acceptors (Lipinski definition) is 6. The Balaban J connectivity index is 2.06. The number of amides is 1. The van der Waals surface area contributed by atoms with Crippen molar-refractivity contribution in [1.29, 1.82) is 0 Å². The number of thioether (sulfide) groups is 1. The molecule has 0 saturated carbocycles. The molecule has 0 atom stereocenters. The molecule has 1 amide bonds. The number of aryl methyl sites for hydroxylation is 1. The second kappa shape index (κ2) is 6.64. The van der Waals surface area contributed by atoms with Gasteiger partial charge in [-0.1, -0.05) is 35.2 Å². The first-order valence-corrected chi connectivity index (χ1v) is 7.52. The fraction of sp³-hybridized carbons (Fsp3) is 0.167.